The minimum Gasteiger partial charge on any atom is -0.502 e. The van der Waals surface area contributed by atoms with Crippen LogP contribution in [0.1, 0.15) is 75.7 Å². The SMILES string of the molecule is CCCCCCOc1cc(/C=C/C(=O)N2CCN(c3ccc(NC(=N)c4cccs4)cc3)CC2)cc(OCCCCCC)c1O. The maximum Gasteiger partial charge on any atom is 0.246 e. The number of carbonyl (C=O) groups excluding carboxylic acids is 1. The van der Waals surface area contributed by atoms with Gasteiger partial charge in [-0.2, -0.15) is 0 Å². The van der Waals surface area contributed by atoms with Gasteiger partial charge in [-0.05, 0) is 72.3 Å². The Morgan fingerprint density at radius 2 is 1.53 bits per heavy atom. The van der Waals surface area contributed by atoms with Crippen LogP contribution in [0.3, 0.4) is 0 Å². The molecule has 0 bridgehead atoms. The molecule has 1 saturated heterocycles. The zero-order valence-corrected chi connectivity index (χ0v) is 27.5. The maximum absolute atomic E-state index is 13.1. The molecule has 2 aromatic carbocycles. The minimum absolute atomic E-state index is 0.0187. The Kier molecular flexibility index (Phi) is 13.6. The number of benzene rings is 2. The summed E-state index contributed by atoms with van der Waals surface area (Å²) >= 11 is 1.54. The first-order valence-electron chi connectivity index (χ1n) is 16.3. The van der Waals surface area contributed by atoms with E-state index in [1.165, 1.54) is 11.3 Å². The number of aromatic hydroxyl groups is 1. The van der Waals surface area contributed by atoms with Gasteiger partial charge in [0.15, 0.2) is 11.5 Å². The van der Waals surface area contributed by atoms with E-state index >= 15 is 0 Å². The molecule has 1 aliphatic rings. The molecule has 45 heavy (non-hydrogen) atoms. The van der Waals surface area contributed by atoms with Gasteiger partial charge < -0.3 is 29.7 Å². The zero-order valence-electron chi connectivity index (χ0n) is 26.7. The highest BCUT2D eigenvalue weighted by Crippen LogP contribution is 2.38. The summed E-state index contributed by atoms with van der Waals surface area (Å²) in [7, 11) is 0. The molecular formula is C36H48N4O4S. The summed E-state index contributed by atoms with van der Waals surface area (Å²) in [6, 6.07) is 15.5. The molecule has 9 heteroatoms. The molecule has 0 atom stereocenters. The highest BCUT2D eigenvalue weighted by Gasteiger charge is 2.20. The van der Waals surface area contributed by atoms with Gasteiger partial charge in [0, 0.05) is 43.6 Å². The van der Waals surface area contributed by atoms with Crippen molar-refractivity contribution in [1.82, 2.24) is 4.90 Å². The molecule has 0 aliphatic carbocycles. The Morgan fingerprint density at radius 3 is 2.09 bits per heavy atom. The van der Waals surface area contributed by atoms with Gasteiger partial charge in [0.2, 0.25) is 11.7 Å². The smallest absolute Gasteiger partial charge is 0.246 e. The summed E-state index contributed by atoms with van der Waals surface area (Å²) in [5, 5.41) is 24.2. The summed E-state index contributed by atoms with van der Waals surface area (Å²) in [5.41, 5.74) is 2.73. The molecule has 0 saturated carbocycles. The van der Waals surface area contributed by atoms with Crippen molar-refractivity contribution in [3.63, 3.8) is 0 Å². The minimum atomic E-state index is -0.0431. The fraction of sp³-hybridized carbons (Fsp3) is 0.444. The second kappa shape index (κ2) is 18.1. The van der Waals surface area contributed by atoms with E-state index < -0.39 is 0 Å². The summed E-state index contributed by atoms with van der Waals surface area (Å²) in [6.07, 6.45) is 12.0. The number of rotatable bonds is 17. The monoisotopic (exact) mass is 632 g/mol. The number of carbonyl (C=O) groups is 1. The van der Waals surface area contributed by atoms with Crippen LogP contribution in [0.5, 0.6) is 17.2 Å². The third-order valence-electron chi connectivity index (χ3n) is 7.85. The Hall–Kier alpha value is -3.98. The van der Waals surface area contributed by atoms with Crippen molar-refractivity contribution in [1.29, 1.82) is 5.41 Å². The van der Waals surface area contributed by atoms with Gasteiger partial charge >= 0.3 is 0 Å². The fourth-order valence-corrected chi connectivity index (χ4v) is 5.81. The number of amides is 1. The van der Waals surface area contributed by atoms with E-state index in [2.05, 4.69) is 36.2 Å². The lowest BCUT2D eigenvalue weighted by molar-refractivity contribution is -0.126. The van der Waals surface area contributed by atoms with E-state index in [1.807, 2.05) is 34.5 Å². The number of ether oxygens (including phenoxy) is 2. The second-order valence-corrected chi connectivity index (χ2v) is 12.3. The molecule has 0 spiro atoms. The van der Waals surface area contributed by atoms with Crippen LogP contribution in [-0.2, 0) is 4.79 Å². The molecule has 1 aliphatic heterocycles. The quantitative estimate of drug-likeness (QED) is 0.0601. The van der Waals surface area contributed by atoms with Crippen LogP contribution in [0, 0.1) is 5.41 Å². The van der Waals surface area contributed by atoms with Gasteiger partial charge in [-0.25, -0.2) is 0 Å². The lowest BCUT2D eigenvalue weighted by Gasteiger charge is -2.35. The van der Waals surface area contributed by atoms with E-state index in [1.54, 1.807) is 24.3 Å². The van der Waals surface area contributed by atoms with Crippen LogP contribution in [0.4, 0.5) is 11.4 Å². The topological polar surface area (TPSA) is 98.1 Å². The average Bonchev–Trinajstić information content (AvgIpc) is 3.61. The Bertz CT molecular complexity index is 1330. The molecule has 0 radical (unpaired) electrons. The molecule has 1 aromatic heterocycles. The van der Waals surface area contributed by atoms with Crippen molar-refractivity contribution >= 4 is 40.5 Å². The standard InChI is InChI=1S/C36H48N4O4S/c1-3-5-7-9-23-43-31-26-28(27-32(35(31)42)44-24-10-8-6-4-2)13-18-34(41)40-21-19-39(20-22-40)30-16-14-29(15-17-30)38-36(37)33-12-11-25-45-33/h11-18,25-27,42H,3-10,19-24H2,1-2H3,(H2,37,38)/b18-13+. The highest BCUT2D eigenvalue weighted by molar-refractivity contribution is 7.12. The number of anilines is 2. The van der Waals surface area contributed by atoms with E-state index in [0.29, 0.717) is 43.6 Å². The number of phenolic OH excluding ortho intramolecular Hbond substituents is 1. The number of thiophene rings is 1. The molecule has 8 nitrogen and oxygen atoms in total. The number of nitrogens with one attached hydrogen (secondary N) is 2. The zero-order chi connectivity index (χ0) is 31.9. The first-order valence-corrected chi connectivity index (χ1v) is 17.2. The van der Waals surface area contributed by atoms with Gasteiger partial charge in [-0.3, -0.25) is 10.2 Å². The molecule has 242 valence electrons. The summed E-state index contributed by atoms with van der Waals surface area (Å²) in [5.74, 6) is 1.15. The van der Waals surface area contributed by atoms with E-state index in [0.717, 1.165) is 86.3 Å². The number of phenols is 1. The van der Waals surface area contributed by atoms with Crippen LogP contribution in [-0.4, -0.2) is 61.1 Å². The van der Waals surface area contributed by atoms with Crippen molar-refractivity contribution in [2.45, 2.75) is 65.2 Å². The van der Waals surface area contributed by atoms with Crippen LogP contribution in [0.15, 0.2) is 60.0 Å². The van der Waals surface area contributed by atoms with Gasteiger partial charge in [0.25, 0.3) is 0 Å². The molecular weight excluding hydrogens is 584 g/mol. The summed E-state index contributed by atoms with van der Waals surface area (Å²) in [6.45, 7) is 8.13. The largest absolute Gasteiger partial charge is 0.502 e. The molecule has 0 unspecified atom stereocenters. The Morgan fingerprint density at radius 1 is 0.911 bits per heavy atom. The van der Waals surface area contributed by atoms with Crippen LogP contribution in [0.2, 0.25) is 0 Å². The fourth-order valence-electron chi connectivity index (χ4n) is 5.18. The number of amidine groups is 1. The van der Waals surface area contributed by atoms with Crippen LogP contribution in [0.25, 0.3) is 6.08 Å². The number of hydrogen-bond acceptors (Lipinski definition) is 7. The first-order chi connectivity index (χ1) is 22.0. The predicted octanol–water partition coefficient (Wildman–Crippen LogP) is 8.17. The van der Waals surface area contributed by atoms with E-state index in [9.17, 15) is 9.90 Å². The van der Waals surface area contributed by atoms with Crippen molar-refractivity contribution in [2.75, 3.05) is 49.6 Å². The first kappa shape index (κ1) is 33.9. The molecule has 2 heterocycles. The third-order valence-corrected chi connectivity index (χ3v) is 8.74. The third kappa shape index (κ3) is 10.6. The molecule has 1 amide bonds. The van der Waals surface area contributed by atoms with Crippen molar-refractivity contribution in [3.05, 3.63) is 70.4 Å². The van der Waals surface area contributed by atoms with Crippen molar-refractivity contribution < 1.29 is 19.4 Å². The van der Waals surface area contributed by atoms with Crippen molar-refractivity contribution in [2.24, 2.45) is 0 Å². The summed E-state index contributed by atoms with van der Waals surface area (Å²) in [4.78, 5) is 18.2. The average molecular weight is 633 g/mol. The van der Waals surface area contributed by atoms with Gasteiger partial charge in [0.1, 0.15) is 5.84 Å². The summed E-state index contributed by atoms with van der Waals surface area (Å²) < 4.78 is 11.9. The molecule has 3 N–H and O–H groups in total. The number of hydrogen-bond donors (Lipinski definition) is 3. The second-order valence-electron chi connectivity index (χ2n) is 11.4. The normalized spacial score (nSPS) is 13.3. The van der Waals surface area contributed by atoms with Gasteiger partial charge in [-0.15, -0.1) is 11.3 Å². The Balaban J connectivity index is 1.32. The number of unbranched alkanes of at least 4 members (excludes halogenated alkanes) is 6. The molecule has 4 rings (SSSR count). The van der Waals surface area contributed by atoms with Crippen LogP contribution < -0.4 is 19.7 Å². The van der Waals surface area contributed by atoms with Gasteiger partial charge in [-0.1, -0.05) is 58.4 Å². The van der Waals surface area contributed by atoms with E-state index in [4.69, 9.17) is 14.9 Å². The maximum atomic E-state index is 13.1. The van der Waals surface area contributed by atoms with Crippen LogP contribution >= 0.6 is 11.3 Å². The van der Waals surface area contributed by atoms with Crippen molar-refractivity contribution in [3.8, 4) is 17.2 Å². The lowest BCUT2D eigenvalue weighted by atomic mass is 10.1. The highest BCUT2D eigenvalue weighted by atomic mass is 32.1. The predicted molar refractivity (Wildman–Crippen MR) is 186 cm³/mol. The molecule has 1 fully saturated rings. The Labute approximate surface area is 272 Å². The lowest BCUT2D eigenvalue weighted by Crippen LogP contribution is -2.48. The number of nitrogens with zero attached hydrogens (tertiary/aromatic N) is 2. The van der Waals surface area contributed by atoms with Gasteiger partial charge in [0.05, 0.1) is 18.1 Å². The van der Waals surface area contributed by atoms with E-state index in [-0.39, 0.29) is 11.7 Å². The number of piperazine rings is 1. The molecule has 3 aromatic rings.